The highest BCUT2D eigenvalue weighted by atomic mass is 35.5. The van der Waals surface area contributed by atoms with E-state index < -0.39 is 12.0 Å². The van der Waals surface area contributed by atoms with Gasteiger partial charge in [-0.25, -0.2) is 4.79 Å². The van der Waals surface area contributed by atoms with E-state index in [4.69, 9.17) is 0 Å². The second-order valence-corrected chi connectivity index (χ2v) is 9.07. The Morgan fingerprint density at radius 2 is 1.82 bits per heavy atom. The number of unbranched alkanes of at least 4 members (excludes halogenated alkanes) is 2. The van der Waals surface area contributed by atoms with Crippen LogP contribution in [0, 0.1) is 11.8 Å². The van der Waals surface area contributed by atoms with Crippen LogP contribution >= 0.6 is 12.4 Å². The number of rotatable bonds is 12. The van der Waals surface area contributed by atoms with Gasteiger partial charge in [-0.1, -0.05) is 19.8 Å². The van der Waals surface area contributed by atoms with Crippen LogP contribution in [0.4, 0.5) is 0 Å². The van der Waals surface area contributed by atoms with Gasteiger partial charge in [0.15, 0.2) is 0 Å². The molecule has 2 rings (SSSR count). The normalized spacial score (nSPS) is 19.8. The van der Waals surface area contributed by atoms with Gasteiger partial charge in [-0.15, -0.1) is 12.4 Å². The molecule has 190 valence electrons. The number of amides is 3. The highest BCUT2D eigenvalue weighted by molar-refractivity contribution is 5.86. The fourth-order valence-electron chi connectivity index (χ4n) is 4.42. The molecule has 2 heterocycles. The monoisotopic (exact) mass is 488 g/mol. The molecular weight excluding hydrogens is 448 g/mol. The summed E-state index contributed by atoms with van der Waals surface area (Å²) in [5.41, 5.74) is 0. The van der Waals surface area contributed by atoms with Crippen molar-refractivity contribution in [1.82, 2.24) is 20.9 Å². The number of carboxylic acid groups (broad SMARTS) is 1. The average molecular weight is 489 g/mol. The SMILES string of the molecule is CCCCCC(=O)N[C@@H](CNC(=O)[C@@H]1CCCN(C(=O)CCC2CCNCC2)C1)C(=O)O.Cl. The molecule has 0 aromatic heterocycles. The zero-order valence-electron chi connectivity index (χ0n) is 19.8. The molecule has 0 aliphatic carbocycles. The van der Waals surface area contributed by atoms with Crippen LogP contribution in [0.1, 0.15) is 71.1 Å². The molecule has 0 bridgehead atoms. The average Bonchev–Trinajstić information content (AvgIpc) is 2.80. The third-order valence-electron chi connectivity index (χ3n) is 6.49. The van der Waals surface area contributed by atoms with Crippen molar-refractivity contribution in [3.05, 3.63) is 0 Å². The number of aliphatic carboxylic acids is 1. The molecule has 0 aromatic rings. The molecule has 0 aromatic carbocycles. The first-order valence-corrected chi connectivity index (χ1v) is 12.2. The fourth-order valence-corrected chi connectivity index (χ4v) is 4.42. The second-order valence-electron chi connectivity index (χ2n) is 9.07. The molecule has 9 nitrogen and oxygen atoms in total. The van der Waals surface area contributed by atoms with E-state index in [9.17, 15) is 24.3 Å². The Balaban J connectivity index is 0.00000544. The van der Waals surface area contributed by atoms with Crippen molar-refractivity contribution in [2.75, 3.05) is 32.7 Å². The number of hydrogen-bond acceptors (Lipinski definition) is 5. The smallest absolute Gasteiger partial charge is 0.328 e. The Bertz CT molecular complexity index is 642. The van der Waals surface area contributed by atoms with Crippen LogP contribution in [-0.4, -0.2) is 72.5 Å². The first-order valence-electron chi connectivity index (χ1n) is 12.2. The Kier molecular flexibility index (Phi) is 14.0. The molecule has 2 fully saturated rings. The zero-order chi connectivity index (χ0) is 23.3. The summed E-state index contributed by atoms with van der Waals surface area (Å²) in [6.45, 7) is 4.94. The predicted molar refractivity (Wildman–Crippen MR) is 128 cm³/mol. The van der Waals surface area contributed by atoms with Crippen LogP contribution < -0.4 is 16.0 Å². The maximum Gasteiger partial charge on any atom is 0.328 e. The van der Waals surface area contributed by atoms with Crippen molar-refractivity contribution in [3.63, 3.8) is 0 Å². The number of piperidine rings is 2. The Morgan fingerprint density at radius 3 is 2.48 bits per heavy atom. The van der Waals surface area contributed by atoms with E-state index in [0.717, 1.165) is 51.6 Å². The van der Waals surface area contributed by atoms with Crippen molar-refractivity contribution in [2.24, 2.45) is 11.8 Å². The molecular formula is C23H41ClN4O5. The van der Waals surface area contributed by atoms with Gasteiger partial charge in [0.2, 0.25) is 17.7 Å². The van der Waals surface area contributed by atoms with Crippen LogP contribution in [0.2, 0.25) is 0 Å². The highest BCUT2D eigenvalue weighted by Gasteiger charge is 2.30. The van der Waals surface area contributed by atoms with Gasteiger partial charge in [0.05, 0.1) is 5.92 Å². The van der Waals surface area contributed by atoms with E-state index >= 15 is 0 Å². The number of hydrogen-bond donors (Lipinski definition) is 4. The predicted octanol–water partition coefficient (Wildman–Crippen LogP) is 1.69. The lowest BCUT2D eigenvalue weighted by atomic mass is 9.92. The number of halogens is 1. The van der Waals surface area contributed by atoms with Crippen molar-refractivity contribution in [2.45, 2.75) is 77.2 Å². The number of carboxylic acids is 1. The number of carbonyl (C=O) groups is 4. The third kappa shape index (κ3) is 10.7. The van der Waals surface area contributed by atoms with Crippen molar-refractivity contribution < 1.29 is 24.3 Å². The molecule has 3 amide bonds. The van der Waals surface area contributed by atoms with Gasteiger partial charge in [0.1, 0.15) is 6.04 Å². The van der Waals surface area contributed by atoms with Crippen LogP contribution in [-0.2, 0) is 19.2 Å². The molecule has 2 aliphatic rings. The van der Waals surface area contributed by atoms with Crippen LogP contribution in [0.25, 0.3) is 0 Å². The zero-order valence-corrected chi connectivity index (χ0v) is 20.6. The topological polar surface area (TPSA) is 128 Å². The summed E-state index contributed by atoms with van der Waals surface area (Å²) in [6, 6.07) is -1.15. The lowest BCUT2D eigenvalue weighted by Crippen LogP contribution is -2.51. The van der Waals surface area contributed by atoms with Gasteiger partial charge in [0.25, 0.3) is 0 Å². The third-order valence-corrected chi connectivity index (χ3v) is 6.49. The van der Waals surface area contributed by atoms with Gasteiger partial charge in [-0.2, -0.15) is 0 Å². The van der Waals surface area contributed by atoms with Gasteiger partial charge in [-0.05, 0) is 57.5 Å². The maximum absolute atomic E-state index is 12.6. The van der Waals surface area contributed by atoms with Crippen LogP contribution in [0.5, 0.6) is 0 Å². The van der Waals surface area contributed by atoms with E-state index in [1.54, 1.807) is 4.90 Å². The van der Waals surface area contributed by atoms with Crippen LogP contribution in [0.15, 0.2) is 0 Å². The molecule has 2 aliphatic heterocycles. The molecule has 10 heteroatoms. The highest BCUT2D eigenvalue weighted by Crippen LogP contribution is 2.21. The van der Waals surface area contributed by atoms with Crippen LogP contribution in [0.3, 0.4) is 0 Å². The summed E-state index contributed by atoms with van der Waals surface area (Å²) >= 11 is 0. The molecule has 0 spiro atoms. The molecule has 33 heavy (non-hydrogen) atoms. The Hall–Kier alpha value is -1.87. The van der Waals surface area contributed by atoms with Gasteiger partial charge in [-0.3, -0.25) is 14.4 Å². The summed E-state index contributed by atoms with van der Waals surface area (Å²) in [5.74, 6) is -1.40. The van der Waals surface area contributed by atoms with E-state index in [-0.39, 0.29) is 49.0 Å². The summed E-state index contributed by atoms with van der Waals surface area (Å²) in [5, 5.41) is 17.9. The van der Waals surface area contributed by atoms with Gasteiger partial charge >= 0.3 is 5.97 Å². The van der Waals surface area contributed by atoms with Crippen molar-refractivity contribution in [1.29, 1.82) is 0 Å². The number of nitrogens with one attached hydrogen (secondary N) is 3. The summed E-state index contributed by atoms with van der Waals surface area (Å²) in [6.07, 6.45) is 7.94. The number of likely N-dealkylation sites (tertiary alicyclic amines) is 1. The first kappa shape index (κ1) is 29.2. The lowest BCUT2D eigenvalue weighted by Gasteiger charge is -2.33. The summed E-state index contributed by atoms with van der Waals surface area (Å²) in [4.78, 5) is 50.5. The minimum absolute atomic E-state index is 0. The van der Waals surface area contributed by atoms with Crippen molar-refractivity contribution in [3.8, 4) is 0 Å². The Labute approximate surface area is 203 Å². The minimum Gasteiger partial charge on any atom is -0.480 e. The van der Waals surface area contributed by atoms with Gasteiger partial charge in [0, 0.05) is 32.5 Å². The second kappa shape index (κ2) is 15.9. The quantitative estimate of drug-likeness (QED) is 0.309. The van der Waals surface area contributed by atoms with Gasteiger partial charge < -0.3 is 26.0 Å². The molecule has 0 saturated carbocycles. The molecule has 0 radical (unpaired) electrons. The Morgan fingerprint density at radius 1 is 1.09 bits per heavy atom. The molecule has 2 atom stereocenters. The fraction of sp³-hybridized carbons (Fsp3) is 0.826. The summed E-state index contributed by atoms with van der Waals surface area (Å²) in [7, 11) is 0. The van der Waals surface area contributed by atoms with Crippen molar-refractivity contribution >= 4 is 36.1 Å². The summed E-state index contributed by atoms with van der Waals surface area (Å²) < 4.78 is 0. The molecule has 0 unspecified atom stereocenters. The minimum atomic E-state index is -1.17. The molecule has 4 N–H and O–H groups in total. The van der Waals surface area contributed by atoms with E-state index in [1.165, 1.54) is 0 Å². The number of nitrogens with zero attached hydrogens (tertiary/aromatic N) is 1. The van der Waals surface area contributed by atoms with E-state index in [2.05, 4.69) is 16.0 Å². The number of carbonyl (C=O) groups excluding carboxylic acids is 3. The maximum atomic E-state index is 12.6. The standard InChI is InChI=1S/C23H40N4O5.ClH/c1-2-3-4-7-20(28)26-19(23(31)32)15-25-22(30)18-6-5-14-27(16-18)21(29)9-8-17-10-12-24-13-11-17;/h17-19,24H,2-16H2,1H3,(H,25,30)(H,26,28)(H,31,32);1H/t18-,19+;/m1./s1. The first-order chi connectivity index (χ1) is 15.4. The van der Waals surface area contributed by atoms with E-state index in [0.29, 0.717) is 38.3 Å². The lowest BCUT2D eigenvalue weighted by molar-refractivity contribution is -0.142. The largest absolute Gasteiger partial charge is 0.480 e. The van der Waals surface area contributed by atoms with E-state index in [1.807, 2.05) is 6.92 Å². The molecule has 2 saturated heterocycles.